The molecule has 2 heterocycles. The first-order chi connectivity index (χ1) is 9.48. The van der Waals surface area contributed by atoms with Crippen LogP contribution in [0.2, 0.25) is 0 Å². The SMILES string of the molecule is CNCCC1CCCCN1S(=O)(=O)c1c(C)n[nH]c1C. The summed E-state index contributed by atoms with van der Waals surface area (Å²) in [4.78, 5) is 0.355. The summed E-state index contributed by atoms with van der Waals surface area (Å²) >= 11 is 0. The molecule has 20 heavy (non-hydrogen) atoms. The number of piperidine rings is 1. The van der Waals surface area contributed by atoms with Crippen LogP contribution in [0, 0.1) is 13.8 Å². The minimum atomic E-state index is -3.45. The van der Waals surface area contributed by atoms with Crippen LogP contribution in [-0.4, -0.2) is 49.1 Å². The molecular formula is C13H24N4O2S. The number of hydrogen-bond acceptors (Lipinski definition) is 4. The third-order valence-corrected chi connectivity index (χ3v) is 6.14. The van der Waals surface area contributed by atoms with Crippen molar-refractivity contribution in [2.75, 3.05) is 20.1 Å². The quantitative estimate of drug-likeness (QED) is 0.856. The minimum Gasteiger partial charge on any atom is -0.320 e. The number of aromatic amines is 1. The average molecular weight is 300 g/mol. The molecule has 1 aliphatic heterocycles. The van der Waals surface area contributed by atoms with Gasteiger partial charge in [0.15, 0.2) is 0 Å². The second-order valence-electron chi connectivity index (χ2n) is 5.42. The van der Waals surface area contributed by atoms with Crippen molar-refractivity contribution in [1.29, 1.82) is 0 Å². The van der Waals surface area contributed by atoms with E-state index < -0.39 is 10.0 Å². The number of nitrogens with zero attached hydrogens (tertiary/aromatic N) is 2. The molecule has 1 saturated heterocycles. The molecule has 0 saturated carbocycles. The van der Waals surface area contributed by atoms with E-state index in [-0.39, 0.29) is 6.04 Å². The molecule has 0 bridgehead atoms. The lowest BCUT2D eigenvalue weighted by molar-refractivity contribution is 0.240. The highest BCUT2D eigenvalue weighted by Gasteiger charge is 2.35. The molecule has 7 heteroatoms. The normalized spacial score (nSPS) is 21.2. The maximum absolute atomic E-state index is 12.9. The molecule has 2 rings (SSSR count). The van der Waals surface area contributed by atoms with Crippen molar-refractivity contribution in [2.24, 2.45) is 0 Å². The number of nitrogens with one attached hydrogen (secondary N) is 2. The van der Waals surface area contributed by atoms with E-state index >= 15 is 0 Å². The molecule has 2 N–H and O–H groups in total. The Bertz CT molecular complexity index is 533. The van der Waals surface area contributed by atoms with E-state index in [0.717, 1.165) is 32.2 Å². The zero-order valence-electron chi connectivity index (χ0n) is 12.4. The lowest BCUT2D eigenvalue weighted by Gasteiger charge is -2.34. The predicted molar refractivity (Wildman–Crippen MR) is 78.1 cm³/mol. The van der Waals surface area contributed by atoms with E-state index in [2.05, 4.69) is 15.5 Å². The first kappa shape index (κ1) is 15.5. The van der Waals surface area contributed by atoms with Crippen LogP contribution in [0.25, 0.3) is 0 Å². The zero-order valence-corrected chi connectivity index (χ0v) is 13.3. The fraction of sp³-hybridized carbons (Fsp3) is 0.769. The van der Waals surface area contributed by atoms with E-state index in [1.54, 1.807) is 18.2 Å². The predicted octanol–water partition coefficient (Wildman–Crippen LogP) is 1.18. The van der Waals surface area contributed by atoms with Crippen LogP contribution in [-0.2, 0) is 10.0 Å². The fourth-order valence-electron chi connectivity index (χ4n) is 2.93. The van der Waals surface area contributed by atoms with Crippen molar-refractivity contribution < 1.29 is 8.42 Å². The highest BCUT2D eigenvalue weighted by atomic mass is 32.2. The summed E-state index contributed by atoms with van der Waals surface area (Å²) in [6, 6.07) is 0.0925. The molecule has 1 aliphatic rings. The van der Waals surface area contributed by atoms with Crippen LogP contribution in [0.1, 0.15) is 37.1 Å². The van der Waals surface area contributed by atoms with E-state index in [1.807, 2.05) is 7.05 Å². The van der Waals surface area contributed by atoms with Gasteiger partial charge in [0, 0.05) is 12.6 Å². The molecule has 0 aromatic carbocycles. The molecule has 0 aliphatic carbocycles. The Morgan fingerprint density at radius 3 is 2.75 bits per heavy atom. The molecule has 0 radical (unpaired) electrons. The van der Waals surface area contributed by atoms with Crippen molar-refractivity contribution in [3.63, 3.8) is 0 Å². The summed E-state index contributed by atoms with van der Waals surface area (Å²) in [5, 5.41) is 9.90. The Balaban J connectivity index is 2.31. The van der Waals surface area contributed by atoms with Gasteiger partial charge in [-0.1, -0.05) is 6.42 Å². The van der Waals surface area contributed by atoms with E-state index in [4.69, 9.17) is 0 Å². The number of sulfonamides is 1. The van der Waals surface area contributed by atoms with Gasteiger partial charge in [0.1, 0.15) is 4.90 Å². The van der Waals surface area contributed by atoms with Gasteiger partial charge >= 0.3 is 0 Å². The summed E-state index contributed by atoms with van der Waals surface area (Å²) in [5.74, 6) is 0. The van der Waals surface area contributed by atoms with E-state index in [0.29, 0.717) is 22.8 Å². The molecule has 0 spiro atoms. The van der Waals surface area contributed by atoms with Gasteiger partial charge in [-0.15, -0.1) is 0 Å². The molecule has 1 aromatic rings. The fourth-order valence-corrected chi connectivity index (χ4v) is 4.99. The van der Waals surface area contributed by atoms with Gasteiger partial charge in [0.2, 0.25) is 10.0 Å². The van der Waals surface area contributed by atoms with E-state index in [1.165, 1.54) is 0 Å². The minimum absolute atomic E-state index is 0.0925. The van der Waals surface area contributed by atoms with Gasteiger partial charge in [-0.2, -0.15) is 9.40 Å². The Hall–Kier alpha value is -0.920. The second kappa shape index (κ2) is 6.24. The lowest BCUT2D eigenvalue weighted by Crippen LogP contribution is -2.44. The van der Waals surface area contributed by atoms with Gasteiger partial charge in [-0.05, 0) is 46.7 Å². The molecular weight excluding hydrogens is 276 g/mol. The molecule has 6 nitrogen and oxygen atoms in total. The van der Waals surface area contributed by atoms with Crippen LogP contribution in [0.4, 0.5) is 0 Å². The average Bonchev–Trinajstić information content (AvgIpc) is 2.76. The van der Waals surface area contributed by atoms with Gasteiger partial charge in [0.05, 0.1) is 11.4 Å². The topological polar surface area (TPSA) is 78.1 Å². The molecule has 1 atom stereocenters. The van der Waals surface area contributed by atoms with Crippen molar-refractivity contribution in [3.05, 3.63) is 11.4 Å². The van der Waals surface area contributed by atoms with Crippen molar-refractivity contribution >= 4 is 10.0 Å². The highest BCUT2D eigenvalue weighted by molar-refractivity contribution is 7.89. The lowest BCUT2D eigenvalue weighted by atomic mass is 10.0. The summed E-state index contributed by atoms with van der Waals surface area (Å²) in [7, 11) is -1.55. The number of aryl methyl sites for hydroxylation is 2. The van der Waals surface area contributed by atoms with Gasteiger partial charge in [-0.3, -0.25) is 5.10 Å². The third-order valence-electron chi connectivity index (χ3n) is 3.93. The molecule has 0 amide bonds. The first-order valence-electron chi connectivity index (χ1n) is 7.16. The smallest absolute Gasteiger partial charge is 0.246 e. The maximum Gasteiger partial charge on any atom is 0.246 e. The van der Waals surface area contributed by atoms with Crippen LogP contribution in [0.3, 0.4) is 0 Å². The van der Waals surface area contributed by atoms with Crippen molar-refractivity contribution in [3.8, 4) is 0 Å². The van der Waals surface area contributed by atoms with Gasteiger partial charge in [-0.25, -0.2) is 8.42 Å². The van der Waals surface area contributed by atoms with Crippen LogP contribution >= 0.6 is 0 Å². The summed E-state index contributed by atoms with van der Waals surface area (Å²) in [6.07, 6.45) is 3.83. The standard InChI is InChI=1S/C13H24N4O2S/c1-10-13(11(2)16-15-10)20(18,19)17-9-5-4-6-12(17)7-8-14-3/h12,14H,4-9H2,1-3H3,(H,15,16). The van der Waals surface area contributed by atoms with E-state index in [9.17, 15) is 8.42 Å². The first-order valence-corrected chi connectivity index (χ1v) is 8.60. The highest BCUT2D eigenvalue weighted by Crippen LogP contribution is 2.29. The zero-order chi connectivity index (χ0) is 14.8. The Morgan fingerprint density at radius 2 is 2.15 bits per heavy atom. The molecule has 1 aromatic heterocycles. The number of hydrogen-bond donors (Lipinski definition) is 2. The van der Waals surface area contributed by atoms with Crippen LogP contribution < -0.4 is 5.32 Å². The number of aromatic nitrogens is 2. The molecule has 1 unspecified atom stereocenters. The monoisotopic (exact) mass is 300 g/mol. The van der Waals surface area contributed by atoms with Crippen LogP contribution in [0.5, 0.6) is 0 Å². The Labute approximate surface area is 121 Å². The Kier molecular flexibility index (Phi) is 4.82. The maximum atomic E-state index is 12.9. The number of rotatable bonds is 5. The van der Waals surface area contributed by atoms with Crippen molar-refractivity contribution in [2.45, 2.75) is 50.5 Å². The largest absolute Gasteiger partial charge is 0.320 e. The summed E-state index contributed by atoms with van der Waals surface area (Å²) in [6.45, 7) is 4.95. The second-order valence-corrected chi connectivity index (χ2v) is 7.25. The van der Waals surface area contributed by atoms with Gasteiger partial charge in [0.25, 0.3) is 0 Å². The molecule has 1 fully saturated rings. The molecule has 114 valence electrons. The van der Waals surface area contributed by atoms with Gasteiger partial charge < -0.3 is 5.32 Å². The Morgan fingerprint density at radius 1 is 1.40 bits per heavy atom. The summed E-state index contributed by atoms with van der Waals surface area (Å²) < 4.78 is 27.5. The number of H-pyrrole nitrogens is 1. The van der Waals surface area contributed by atoms with Crippen LogP contribution in [0.15, 0.2) is 4.90 Å². The van der Waals surface area contributed by atoms with Crippen molar-refractivity contribution in [1.82, 2.24) is 19.8 Å². The summed E-state index contributed by atoms with van der Waals surface area (Å²) in [5.41, 5.74) is 1.18. The third kappa shape index (κ3) is 2.89.